The Balaban J connectivity index is -0.0000000578. The van der Waals surface area contributed by atoms with Gasteiger partial charge in [0.05, 0.1) is 0 Å². The molecule has 3 rings (SSSR count). The second kappa shape index (κ2) is 27.8. The van der Waals surface area contributed by atoms with Crippen LogP contribution in [0.25, 0.3) is 0 Å². The fourth-order valence-corrected chi connectivity index (χ4v) is 1.46. The molecule has 3 aliphatic rings. The Labute approximate surface area is 223 Å². The van der Waals surface area contributed by atoms with Crippen molar-refractivity contribution in [3.63, 3.8) is 0 Å². The first-order valence-corrected chi connectivity index (χ1v) is 9.22. The Morgan fingerprint density at radius 2 is 0.943 bits per heavy atom. The van der Waals surface area contributed by atoms with E-state index in [1.54, 1.807) is 0 Å². The van der Waals surface area contributed by atoms with Gasteiger partial charge in [0.1, 0.15) is 0 Å². The van der Waals surface area contributed by atoms with Crippen LogP contribution < -0.4 is 0 Å². The Kier molecular flexibility index (Phi) is 40.5. The second-order valence-electron chi connectivity index (χ2n) is 4.43. The third-order valence-electron chi connectivity index (χ3n) is 2.30. The van der Waals surface area contributed by atoms with Crippen molar-refractivity contribution in [2.45, 2.75) is 6.92 Å². The molecule has 0 atom stereocenters. The molecule has 0 amide bonds. The minimum Gasteiger partial charge on any atom is -0.0312 e. The van der Waals surface area contributed by atoms with E-state index in [4.69, 9.17) is 23.3 Å². The minimum absolute atomic E-state index is 0. The van der Waals surface area contributed by atoms with Gasteiger partial charge in [-0.05, 0) is 87.5 Å². The van der Waals surface area contributed by atoms with Crippen molar-refractivity contribution in [3.05, 3.63) is 127 Å². The van der Waals surface area contributed by atoms with Crippen LogP contribution >= 0.6 is 7.81 Å². The van der Waals surface area contributed by atoms with Crippen LogP contribution in [0.3, 0.4) is 0 Å². The first-order valence-electron chi connectivity index (χ1n) is 7.19. The maximum atomic E-state index is 9.87. The molecule has 15 radical (unpaired) electrons. The summed E-state index contributed by atoms with van der Waals surface area (Å²) in [5.74, 6) is 3.50. The van der Waals surface area contributed by atoms with Crippen molar-refractivity contribution in [2.75, 3.05) is 0 Å². The van der Waals surface area contributed by atoms with Gasteiger partial charge in [-0.3, -0.25) is 0 Å². The molecule has 0 unspecified atom stereocenters. The van der Waals surface area contributed by atoms with Crippen molar-refractivity contribution in [1.29, 1.82) is 0 Å². The molecule has 0 aromatic rings. The van der Waals surface area contributed by atoms with E-state index < -0.39 is 7.81 Å². The molecule has 0 N–H and O–H groups in total. The van der Waals surface area contributed by atoms with Crippen LogP contribution in [0.1, 0.15) is 6.92 Å². The van der Waals surface area contributed by atoms with E-state index in [0.29, 0.717) is 0 Å². The monoisotopic (exact) mass is 600 g/mol. The van der Waals surface area contributed by atoms with Gasteiger partial charge in [0, 0.05) is 40.1 Å². The van der Waals surface area contributed by atoms with Crippen molar-refractivity contribution >= 4 is 7.81 Å². The Morgan fingerprint density at radius 3 is 1.26 bits per heavy atom. The summed E-state index contributed by atoms with van der Waals surface area (Å²) in [5.41, 5.74) is 0. The van der Waals surface area contributed by atoms with Gasteiger partial charge in [0.15, 0.2) is 0 Å². The minimum atomic E-state index is -10.7. The SMILES string of the molecule is C[C]1[CH][CH][C]2[CH][C]=[C][C]=[C][C]12.F[P-](F)(F)(F)(F)F.[C-]#[O+].[C-]#[O+].[C-]#[O+].[C-]#[O+].[C-]#[O+].[CH]1[CH][CH][CH][CH]1.[Fe].[Fe]. The van der Waals surface area contributed by atoms with Crippen LogP contribution in [0.5, 0.6) is 0 Å². The third-order valence-corrected chi connectivity index (χ3v) is 2.30. The van der Waals surface area contributed by atoms with Crippen LogP contribution in [0, 0.1) is 127 Å². The number of allylic oxidation sites excluding steroid dienone is 4. The van der Waals surface area contributed by atoms with Crippen molar-refractivity contribution in [3.8, 4) is 0 Å². The van der Waals surface area contributed by atoms with Gasteiger partial charge in [-0.1, -0.05) is 6.92 Å². The Morgan fingerprint density at radius 1 is 0.629 bits per heavy atom. The van der Waals surface area contributed by atoms with E-state index >= 15 is 0 Å². The summed E-state index contributed by atoms with van der Waals surface area (Å²) < 4.78 is 96.7. The van der Waals surface area contributed by atoms with E-state index in [1.807, 2.05) is 38.5 Å². The molecule has 0 bridgehead atoms. The van der Waals surface area contributed by atoms with Gasteiger partial charge in [-0.15, -0.1) is 0 Å². The summed E-state index contributed by atoms with van der Waals surface area (Å²) in [6.07, 6.45) is 27.4. The van der Waals surface area contributed by atoms with Crippen LogP contribution in [-0.4, -0.2) is 0 Å². The summed E-state index contributed by atoms with van der Waals surface area (Å²) in [7, 11) is -10.7. The largest absolute Gasteiger partial charge is 0.0312 e. The average molecular weight is 600 g/mol. The zero-order chi connectivity index (χ0) is 27.6. The summed E-state index contributed by atoms with van der Waals surface area (Å²) in [6, 6.07) is 0. The molecule has 2 saturated carbocycles. The molecule has 0 spiro atoms. The molecule has 3 aliphatic carbocycles. The summed E-state index contributed by atoms with van der Waals surface area (Å²) in [5, 5.41) is 0. The van der Waals surface area contributed by atoms with Crippen molar-refractivity contribution < 1.29 is 82.6 Å². The first kappa shape index (κ1) is 51.0. The molecular formula is C21H11F6Fe2O5P-. The van der Waals surface area contributed by atoms with Crippen LogP contribution in [-0.2, 0) is 57.4 Å². The van der Waals surface area contributed by atoms with Gasteiger partial charge in [-0.25, -0.2) is 0 Å². The molecule has 189 valence electrons. The van der Waals surface area contributed by atoms with Gasteiger partial charge in [0.25, 0.3) is 0 Å². The van der Waals surface area contributed by atoms with E-state index in [9.17, 15) is 25.2 Å². The van der Waals surface area contributed by atoms with Gasteiger partial charge in [-0.2, -0.15) is 0 Å². The van der Waals surface area contributed by atoms with Crippen LogP contribution in [0.4, 0.5) is 25.2 Å². The predicted molar refractivity (Wildman–Crippen MR) is 96.0 cm³/mol. The normalized spacial score (nSPS) is 16.9. The van der Waals surface area contributed by atoms with Crippen LogP contribution in [0.15, 0.2) is 0 Å². The second-order valence-corrected chi connectivity index (χ2v) is 6.35. The zero-order valence-electron chi connectivity index (χ0n) is 17.1. The molecule has 14 heteroatoms. The fraction of sp³-hybridized carbons (Fsp3) is 0.0476. The number of rotatable bonds is 0. The quantitative estimate of drug-likeness (QED) is 0.109. The molecule has 2 fully saturated rings. The third kappa shape index (κ3) is 50.9. The Hall–Kier alpha value is -0.771. The maximum Gasteiger partial charge on any atom is 0 e. The number of hydrogen-bond acceptors (Lipinski definition) is 0. The molecule has 0 heterocycles. The number of fused-ring (bicyclic) bond motifs is 1. The maximum absolute atomic E-state index is 10.7. The average Bonchev–Trinajstić information content (AvgIpc) is 3.42. The van der Waals surface area contributed by atoms with Gasteiger partial charge < -0.3 is 0 Å². The van der Waals surface area contributed by atoms with Gasteiger partial charge in [0.2, 0.25) is 0 Å². The van der Waals surface area contributed by atoms with Crippen molar-refractivity contribution in [2.24, 2.45) is 0 Å². The smallest absolute Gasteiger partial charge is 0 e. The molecule has 0 aliphatic heterocycles. The van der Waals surface area contributed by atoms with E-state index in [2.05, 4.69) is 77.3 Å². The number of hydrogen-bond donors (Lipinski definition) is 0. The molecule has 0 aromatic carbocycles. The summed E-state index contributed by atoms with van der Waals surface area (Å²) >= 11 is 0. The van der Waals surface area contributed by atoms with E-state index in [1.165, 1.54) is 5.92 Å². The molecule has 35 heavy (non-hydrogen) atoms. The molecule has 0 aromatic heterocycles. The molecular weight excluding hydrogens is 589 g/mol. The molecule has 5 nitrogen and oxygen atoms in total. The zero-order valence-corrected chi connectivity index (χ0v) is 20.2. The number of halogens is 6. The predicted octanol–water partition coefficient (Wildman–Crippen LogP) is 5.91. The topological polar surface area (TPSA) is 99.5 Å². The van der Waals surface area contributed by atoms with Crippen molar-refractivity contribution in [1.82, 2.24) is 0 Å². The van der Waals surface area contributed by atoms with E-state index in [-0.39, 0.29) is 34.1 Å². The molecule has 0 saturated heterocycles. The van der Waals surface area contributed by atoms with Gasteiger partial charge >= 0.3 is 89.5 Å². The van der Waals surface area contributed by atoms with Crippen LogP contribution in [0.2, 0.25) is 0 Å². The fourth-order valence-electron chi connectivity index (χ4n) is 1.46. The standard InChI is InChI=1S/C11H6.C5H5.5CO.F6P.2Fe/c1-9-7-8-10-5-3-2-4-6-11(9)10;1-2-4-5-3-1;5*1-2;1-7(2,3,4,5)6;;/h5,7-8H,1H3;1-5H;;;;;;;;/q;;;;;;;-1;;. The van der Waals surface area contributed by atoms with E-state index in [0.717, 1.165) is 11.8 Å². The first-order chi connectivity index (χ1) is 15.3. The Bertz CT molecular complexity index is 586. The summed E-state index contributed by atoms with van der Waals surface area (Å²) in [4.78, 5) is 0. The summed E-state index contributed by atoms with van der Waals surface area (Å²) in [6.45, 7) is 24.6.